The molecule has 23 heavy (non-hydrogen) atoms. The lowest BCUT2D eigenvalue weighted by Crippen LogP contribution is -2.41. The highest BCUT2D eigenvalue weighted by molar-refractivity contribution is 5.65. The Hall–Kier alpha value is -1.99. The molecule has 4 heteroatoms. The van der Waals surface area contributed by atoms with Crippen LogP contribution in [0.2, 0.25) is 0 Å². The molecule has 1 aromatic rings. The van der Waals surface area contributed by atoms with E-state index in [0.29, 0.717) is 5.92 Å². The van der Waals surface area contributed by atoms with Crippen molar-refractivity contribution in [2.45, 2.75) is 39.0 Å². The van der Waals surface area contributed by atoms with Gasteiger partial charge >= 0.3 is 6.09 Å². The molecular weight excluding hydrogens is 288 g/mol. The van der Waals surface area contributed by atoms with Crippen LogP contribution in [0.25, 0.3) is 0 Å². The van der Waals surface area contributed by atoms with E-state index in [4.69, 9.17) is 10.5 Å². The molecule has 1 saturated heterocycles. The van der Waals surface area contributed by atoms with Gasteiger partial charge in [0.1, 0.15) is 6.11 Å². The first-order chi connectivity index (χ1) is 11.2. The highest BCUT2D eigenvalue weighted by Crippen LogP contribution is 2.41. The summed E-state index contributed by atoms with van der Waals surface area (Å²) in [6, 6.07) is 10.5. The smallest absolute Gasteiger partial charge is 0.356 e. The number of rotatable bonds is 5. The van der Waals surface area contributed by atoms with Gasteiger partial charge in [0.2, 0.25) is 0 Å². The van der Waals surface area contributed by atoms with Gasteiger partial charge in [0.25, 0.3) is 0 Å². The number of nitrogens with two attached hydrogens (primary N) is 1. The summed E-state index contributed by atoms with van der Waals surface area (Å²) in [5.41, 5.74) is 6.25. The van der Waals surface area contributed by atoms with Crippen LogP contribution in [-0.4, -0.2) is 19.2 Å². The van der Waals surface area contributed by atoms with E-state index in [1.54, 1.807) is 0 Å². The van der Waals surface area contributed by atoms with E-state index in [9.17, 15) is 4.79 Å². The first-order valence-corrected chi connectivity index (χ1v) is 8.39. The van der Waals surface area contributed by atoms with E-state index in [2.05, 4.69) is 48.5 Å². The van der Waals surface area contributed by atoms with E-state index in [1.807, 2.05) is 6.07 Å². The topological polar surface area (TPSA) is 64.3 Å². The lowest BCUT2D eigenvalue weighted by molar-refractivity contribution is 0.163. The maximum atomic E-state index is 10.8. The number of piperidine rings is 1. The molecule has 1 aromatic carbocycles. The Labute approximate surface area is 138 Å². The minimum absolute atomic E-state index is 0.119. The highest BCUT2D eigenvalue weighted by Gasteiger charge is 2.38. The van der Waals surface area contributed by atoms with Crippen LogP contribution in [0.3, 0.4) is 0 Å². The largest absolute Gasteiger partial charge is 0.418 e. The summed E-state index contributed by atoms with van der Waals surface area (Å²) >= 11 is 0. The third kappa shape index (κ3) is 5.01. The quantitative estimate of drug-likeness (QED) is 0.821. The fourth-order valence-electron chi connectivity index (χ4n) is 3.51. The molecule has 1 heterocycles. The van der Waals surface area contributed by atoms with Crippen LogP contribution in [0.1, 0.15) is 38.2 Å². The second-order valence-electron chi connectivity index (χ2n) is 6.23. The Kier molecular flexibility index (Phi) is 6.49. The van der Waals surface area contributed by atoms with Gasteiger partial charge in [-0.3, -0.25) is 0 Å². The Balaban J connectivity index is 2.24. The summed E-state index contributed by atoms with van der Waals surface area (Å²) in [4.78, 5) is 10.8. The number of amides is 1. The molecule has 0 spiro atoms. The van der Waals surface area contributed by atoms with Crippen molar-refractivity contribution in [3.05, 3.63) is 35.9 Å². The van der Waals surface area contributed by atoms with Crippen molar-refractivity contribution in [3.8, 4) is 12.0 Å². The monoisotopic (exact) mass is 314 g/mol. The third-order valence-corrected chi connectivity index (χ3v) is 4.69. The van der Waals surface area contributed by atoms with Gasteiger partial charge < -0.3 is 15.8 Å². The molecule has 1 amide bonds. The van der Waals surface area contributed by atoms with E-state index < -0.39 is 6.09 Å². The predicted octanol–water partition coefficient (Wildman–Crippen LogP) is 3.07. The molecule has 0 radical (unpaired) electrons. The van der Waals surface area contributed by atoms with Crippen LogP contribution in [-0.2, 0) is 11.2 Å². The third-order valence-electron chi connectivity index (χ3n) is 4.69. The SMILES string of the molecule is CCCC(Cc1ccccc1)C1(C#COC(N)=O)CCNCC1. The lowest BCUT2D eigenvalue weighted by Gasteiger charge is -2.40. The van der Waals surface area contributed by atoms with Gasteiger partial charge in [-0.15, -0.1) is 0 Å². The second-order valence-corrected chi connectivity index (χ2v) is 6.23. The van der Waals surface area contributed by atoms with Crippen molar-refractivity contribution in [2.24, 2.45) is 17.1 Å². The average Bonchev–Trinajstić information content (AvgIpc) is 2.56. The molecule has 3 N–H and O–H groups in total. The number of ether oxygens (including phenoxy) is 1. The van der Waals surface area contributed by atoms with Crippen LogP contribution < -0.4 is 11.1 Å². The number of hydrogen-bond acceptors (Lipinski definition) is 3. The standard InChI is InChI=1S/C19H26N2O2/c1-2-6-17(15-16-7-4-3-5-8-16)19(9-12-21-13-10-19)11-14-23-18(20)22/h3-5,7-8,17,21H,2,6,9-10,12-13,15H2,1H3,(H2,20,22). The molecule has 0 saturated carbocycles. The van der Waals surface area contributed by atoms with Gasteiger partial charge in [0.15, 0.2) is 0 Å². The fourth-order valence-corrected chi connectivity index (χ4v) is 3.51. The molecular formula is C19H26N2O2. The van der Waals surface area contributed by atoms with Crippen molar-refractivity contribution in [2.75, 3.05) is 13.1 Å². The van der Waals surface area contributed by atoms with Crippen LogP contribution in [0.5, 0.6) is 0 Å². The molecule has 2 rings (SSSR count). The molecule has 1 aliphatic heterocycles. The molecule has 1 fully saturated rings. The zero-order valence-electron chi connectivity index (χ0n) is 13.8. The van der Waals surface area contributed by atoms with E-state index in [1.165, 1.54) is 5.56 Å². The number of carbonyl (C=O) groups excluding carboxylic acids is 1. The Morgan fingerprint density at radius 2 is 2.04 bits per heavy atom. The summed E-state index contributed by atoms with van der Waals surface area (Å²) in [5.74, 6) is 3.70. The fraction of sp³-hybridized carbons (Fsp3) is 0.526. The van der Waals surface area contributed by atoms with Crippen molar-refractivity contribution in [1.82, 2.24) is 5.32 Å². The van der Waals surface area contributed by atoms with Gasteiger partial charge in [-0.1, -0.05) is 49.6 Å². The minimum atomic E-state index is -0.836. The second kappa shape index (κ2) is 8.59. The molecule has 1 unspecified atom stereocenters. The maximum Gasteiger partial charge on any atom is 0.418 e. The summed E-state index contributed by atoms with van der Waals surface area (Å²) in [6.07, 6.45) is 6.90. The first kappa shape index (κ1) is 17.4. The van der Waals surface area contributed by atoms with Gasteiger partial charge in [-0.05, 0) is 50.3 Å². The Morgan fingerprint density at radius 1 is 1.35 bits per heavy atom. The summed E-state index contributed by atoms with van der Waals surface area (Å²) < 4.78 is 4.71. The number of carbonyl (C=O) groups is 1. The van der Waals surface area contributed by atoms with Crippen molar-refractivity contribution >= 4 is 6.09 Å². The molecule has 0 aromatic heterocycles. The summed E-state index contributed by atoms with van der Waals surface area (Å²) in [6.45, 7) is 4.10. The van der Waals surface area contributed by atoms with E-state index in [-0.39, 0.29) is 5.41 Å². The highest BCUT2D eigenvalue weighted by atomic mass is 16.5. The maximum absolute atomic E-state index is 10.8. The Bertz CT molecular complexity index is 554. The van der Waals surface area contributed by atoms with Crippen molar-refractivity contribution in [1.29, 1.82) is 0 Å². The van der Waals surface area contributed by atoms with Gasteiger partial charge in [0.05, 0.1) is 0 Å². The lowest BCUT2D eigenvalue weighted by atomic mass is 9.66. The zero-order valence-corrected chi connectivity index (χ0v) is 13.8. The van der Waals surface area contributed by atoms with Crippen LogP contribution in [0, 0.1) is 23.4 Å². The normalized spacial score (nSPS) is 17.6. The van der Waals surface area contributed by atoms with Crippen molar-refractivity contribution < 1.29 is 9.53 Å². The molecule has 1 atom stereocenters. The van der Waals surface area contributed by atoms with Gasteiger partial charge in [-0.25, -0.2) is 4.79 Å². The molecule has 0 bridgehead atoms. The zero-order chi connectivity index (χ0) is 16.5. The molecule has 124 valence electrons. The van der Waals surface area contributed by atoms with Gasteiger partial charge in [0, 0.05) is 5.41 Å². The summed E-state index contributed by atoms with van der Waals surface area (Å²) in [7, 11) is 0. The predicted molar refractivity (Wildman–Crippen MR) is 91.5 cm³/mol. The molecule has 4 nitrogen and oxygen atoms in total. The van der Waals surface area contributed by atoms with Gasteiger partial charge in [-0.2, -0.15) is 0 Å². The number of hydrogen-bond donors (Lipinski definition) is 2. The van der Waals surface area contributed by atoms with Crippen LogP contribution in [0.4, 0.5) is 4.79 Å². The number of primary amides is 1. The molecule has 0 aliphatic carbocycles. The van der Waals surface area contributed by atoms with E-state index >= 15 is 0 Å². The number of nitrogens with one attached hydrogen (secondary N) is 1. The number of benzene rings is 1. The van der Waals surface area contributed by atoms with Crippen LogP contribution in [0.15, 0.2) is 30.3 Å². The Morgan fingerprint density at radius 3 is 2.65 bits per heavy atom. The van der Waals surface area contributed by atoms with Crippen molar-refractivity contribution in [3.63, 3.8) is 0 Å². The van der Waals surface area contributed by atoms with Crippen LogP contribution >= 0.6 is 0 Å². The molecule has 1 aliphatic rings. The average molecular weight is 314 g/mol. The summed E-state index contributed by atoms with van der Waals surface area (Å²) in [5, 5.41) is 3.40. The minimum Gasteiger partial charge on any atom is -0.356 e. The first-order valence-electron chi connectivity index (χ1n) is 8.39. The van der Waals surface area contributed by atoms with E-state index in [0.717, 1.165) is 45.2 Å².